The molecule has 0 spiro atoms. The molecule has 0 aliphatic heterocycles. The Morgan fingerprint density at radius 3 is 2.76 bits per heavy atom. The van der Waals surface area contributed by atoms with E-state index in [0.717, 1.165) is 5.56 Å². The number of carbonyl (C=O) groups is 1. The maximum Gasteiger partial charge on any atom is 0.293 e. The van der Waals surface area contributed by atoms with Crippen LogP contribution in [0.25, 0.3) is 0 Å². The Bertz CT molecular complexity index is 405. The average molecular weight is 239 g/mol. The molecule has 1 rings (SSSR count). The number of non-ortho nitro benzene ring substituents is 1. The normalized spacial score (nSPS) is 9.71. The topological polar surface area (TPSA) is 78.7 Å². The van der Waals surface area contributed by atoms with Gasteiger partial charge in [-0.2, -0.15) is 0 Å². The summed E-state index contributed by atoms with van der Waals surface area (Å²) in [5.74, 6) is 0.455. The molecule has 0 aliphatic carbocycles. The fourth-order valence-electron chi connectivity index (χ4n) is 1.33. The van der Waals surface area contributed by atoms with E-state index in [2.05, 4.69) is 4.74 Å². The van der Waals surface area contributed by atoms with Crippen molar-refractivity contribution in [2.45, 2.75) is 13.3 Å². The summed E-state index contributed by atoms with van der Waals surface area (Å²) in [6.07, 6.45) is 0.710. The average Bonchev–Trinajstić information content (AvgIpc) is 2.34. The summed E-state index contributed by atoms with van der Waals surface area (Å²) in [7, 11) is 0. The lowest BCUT2D eigenvalue weighted by atomic mass is 10.1. The van der Waals surface area contributed by atoms with Gasteiger partial charge in [-0.15, -0.1) is 0 Å². The molecule has 0 heterocycles. The van der Waals surface area contributed by atoms with Gasteiger partial charge in [0.2, 0.25) is 0 Å². The highest BCUT2D eigenvalue weighted by molar-refractivity contribution is 5.44. The van der Waals surface area contributed by atoms with Gasteiger partial charge in [0.1, 0.15) is 19.0 Å². The van der Waals surface area contributed by atoms with E-state index in [-0.39, 0.29) is 18.9 Å². The molecule has 0 saturated heterocycles. The van der Waals surface area contributed by atoms with Gasteiger partial charge in [0, 0.05) is 6.07 Å². The number of carbonyl (C=O) groups excluding carboxylic acids is 1. The number of benzene rings is 1. The van der Waals surface area contributed by atoms with Crippen molar-refractivity contribution in [1.29, 1.82) is 0 Å². The predicted octanol–water partition coefficient (Wildman–Crippen LogP) is 1.71. The smallest absolute Gasteiger partial charge is 0.293 e. The van der Waals surface area contributed by atoms with E-state index in [9.17, 15) is 14.9 Å². The Morgan fingerprint density at radius 1 is 1.41 bits per heavy atom. The van der Waals surface area contributed by atoms with Crippen molar-refractivity contribution in [1.82, 2.24) is 0 Å². The van der Waals surface area contributed by atoms with Crippen molar-refractivity contribution < 1.29 is 19.2 Å². The molecule has 0 atom stereocenters. The first-order valence-electron chi connectivity index (χ1n) is 5.14. The number of aryl methyl sites for hydroxylation is 1. The molecule has 0 unspecified atom stereocenters. The third kappa shape index (κ3) is 3.75. The highest BCUT2D eigenvalue weighted by Gasteiger charge is 2.10. The van der Waals surface area contributed by atoms with Crippen molar-refractivity contribution in [3.63, 3.8) is 0 Å². The molecular weight excluding hydrogens is 226 g/mol. The quantitative estimate of drug-likeness (QED) is 0.313. The van der Waals surface area contributed by atoms with Crippen molar-refractivity contribution in [3.05, 3.63) is 33.9 Å². The lowest BCUT2D eigenvalue weighted by Gasteiger charge is -2.09. The zero-order valence-corrected chi connectivity index (χ0v) is 9.42. The van der Waals surface area contributed by atoms with E-state index in [0.29, 0.717) is 18.6 Å². The molecule has 0 N–H and O–H groups in total. The predicted molar refractivity (Wildman–Crippen MR) is 60.0 cm³/mol. The molecular formula is C11H13NO5. The molecule has 0 radical (unpaired) electrons. The zero-order valence-electron chi connectivity index (χ0n) is 9.42. The van der Waals surface area contributed by atoms with Gasteiger partial charge in [0.05, 0.1) is 11.0 Å². The van der Waals surface area contributed by atoms with E-state index < -0.39 is 4.92 Å². The van der Waals surface area contributed by atoms with Crippen molar-refractivity contribution >= 4 is 12.2 Å². The van der Waals surface area contributed by atoms with Gasteiger partial charge < -0.3 is 9.47 Å². The van der Waals surface area contributed by atoms with Crippen LogP contribution in [0.4, 0.5) is 5.69 Å². The minimum Gasteiger partial charge on any atom is -0.489 e. The van der Waals surface area contributed by atoms with Crippen LogP contribution >= 0.6 is 0 Å². The fourth-order valence-corrected chi connectivity index (χ4v) is 1.33. The highest BCUT2D eigenvalue weighted by atomic mass is 16.6. The van der Waals surface area contributed by atoms with Crippen LogP contribution in [0.3, 0.4) is 0 Å². The molecule has 0 saturated carbocycles. The van der Waals surface area contributed by atoms with E-state index in [1.165, 1.54) is 12.1 Å². The molecule has 0 fully saturated rings. The Hall–Kier alpha value is -2.11. The van der Waals surface area contributed by atoms with Gasteiger partial charge in [-0.05, 0) is 18.1 Å². The molecule has 92 valence electrons. The van der Waals surface area contributed by atoms with E-state index in [1.807, 2.05) is 6.92 Å². The summed E-state index contributed by atoms with van der Waals surface area (Å²) in [6, 6.07) is 4.47. The Morgan fingerprint density at radius 2 is 2.18 bits per heavy atom. The Kier molecular flexibility index (Phi) is 4.93. The maximum atomic E-state index is 10.6. The summed E-state index contributed by atoms with van der Waals surface area (Å²) in [6.45, 7) is 2.55. The van der Waals surface area contributed by atoms with Crippen LogP contribution in [-0.2, 0) is 16.0 Å². The third-order valence-electron chi connectivity index (χ3n) is 2.17. The second kappa shape index (κ2) is 6.47. The molecule has 17 heavy (non-hydrogen) atoms. The number of hydrogen-bond acceptors (Lipinski definition) is 5. The van der Waals surface area contributed by atoms with Crippen LogP contribution in [0, 0.1) is 10.1 Å². The first kappa shape index (κ1) is 13.0. The van der Waals surface area contributed by atoms with Crippen LogP contribution in [0.1, 0.15) is 12.5 Å². The summed E-state index contributed by atoms with van der Waals surface area (Å²) < 4.78 is 9.80. The van der Waals surface area contributed by atoms with Gasteiger partial charge >= 0.3 is 0 Å². The van der Waals surface area contributed by atoms with Crippen molar-refractivity contribution in [3.8, 4) is 5.75 Å². The van der Waals surface area contributed by atoms with E-state index in [1.54, 1.807) is 6.07 Å². The zero-order chi connectivity index (χ0) is 12.7. The number of hydrogen-bond donors (Lipinski definition) is 0. The second-order valence-corrected chi connectivity index (χ2v) is 3.22. The minimum absolute atomic E-state index is 0.0199. The van der Waals surface area contributed by atoms with Gasteiger partial charge in [-0.3, -0.25) is 14.9 Å². The monoisotopic (exact) mass is 239 g/mol. The summed E-state index contributed by atoms with van der Waals surface area (Å²) >= 11 is 0. The summed E-state index contributed by atoms with van der Waals surface area (Å²) in [5.41, 5.74) is 0.857. The highest BCUT2D eigenvalue weighted by Crippen LogP contribution is 2.25. The number of nitrogens with zero attached hydrogens (tertiary/aromatic N) is 1. The second-order valence-electron chi connectivity index (χ2n) is 3.22. The fraction of sp³-hybridized carbons (Fsp3) is 0.364. The minimum atomic E-state index is -0.478. The summed E-state index contributed by atoms with van der Waals surface area (Å²) in [5, 5.41) is 10.6. The molecule has 0 aliphatic rings. The Balaban J connectivity index is 2.75. The SMILES string of the molecule is CCc1ccc([N+](=O)[O-])cc1OCCOC=O. The standard InChI is InChI=1S/C11H13NO5/c1-2-9-3-4-10(12(14)15)7-11(9)17-6-5-16-8-13/h3-4,7-8H,2,5-6H2,1H3. The van der Waals surface area contributed by atoms with Crippen LogP contribution in [0.5, 0.6) is 5.75 Å². The third-order valence-corrected chi connectivity index (χ3v) is 2.17. The molecule has 0 aromatic heterocycles. The molecule has 0 bridgehead atoms. The maximum absolute atomic E-state index is 10.6. The van der Waals surface area contributed by atoms with Gasteiger partial charge in [-0.25, -0.2) is 0 Å². The van der Waals surface area contributed by atoms with Crippen molar-refractivity contribution in [2.24, 2.45) is 0 Å². The van der Waals surface area contributed by atoms with Gasteiger partial charge in [0.25, 0.3) is 12.2 Å². The van der Waals surface area contributed by atoms with E-state index >= 15 is 0 Å². The van der Waals surface area contributed by atoms with E-state index in [4.69, 9.17) is 4.74 Å². The molecule has 1 aromatic rings. The molecule has 6 heteroatoms. The number of rotatable bonds is 7. The first-order valence-corrected chi connectivity index (χ1v) is 5.14. The lowest BCUT2D eigenvalue weighted by molar-refractivity contribution is -0.385. The van der Waals surface area contributed by atoms with Crippen molar-refractivity contribution in [2.75, 3.05) is 13.2 Å². The molecule has 1 aromatic carbocycles. The number of nitro benzene ring substituents is 1. The van der Waals surface area contributed by atoms with Gasteiger partial charge in [-0.1, -0.05) is 6.92 Å². The Labute approximate surface area is 98.3 Å². The lowest BCUT2D eigenvalue weighted by Crippen LogP contribution is -2.07. The largest absolute Gasteiger partial charge is 0.489 e. The van der Waals surface area contributed by atoms with Crippen LogP contribution in [0.15, 0.2) is 18.2 Å². The van der Waals surface area contributed by atoms with Gasteiger partial charge in [0.15, 0.2) is 0 Å². The van der Waals surface area contributed by atoms with Crippen LogP contribution in [0.2, 0.25) is 0 Å². The van der Waals surface area contributed by atoms with Crippen LogP contribution in [-0.4, -0.2) is 24.6 Å². The summed E-state index contributed by atoms with van der Waals surface area (Å²) in [4.78, 5) is 20.0. The first-order chi connectivity index (χ1) is 8.19. The molecule has 0 amide bonds. The molecule has 6 nitrogen and oxygen atoms in total. The number of ether oxygens (including phenoxy) is 2. The van der Waals surface area contributed by atoms with Crippen LogP contribution < -0.4 is 4.74 Å². The number of nitro groups is 1.